The van der Waals surface area contributed by atoms with Crippen molar-refractivity contribution in [2.75, 3.05) is 44.3 Å². The molecule has 2 bridgehead atoms. The van der Waals surface area contributed by atoms with Gasteiger partial charge in [0.2, 0.25) is 17.7 Å². The van der Waals surface area contributed by atoms with Crippen LogP contribution in [0.3, 0.4) is 0 Å². The Labute approximate surface area is 267 Å². The van der Waals surface area contributed by atoms with Crippen molar-refractivity contribution in [3.63, 3.8) is 0 Å². The standard InChI is InChI=1S/C35H51N3O5S/c1-6-10-12-21-36(19-7-2)34(42)31-35-25(5)24-28(44-35)29(30(35)33(41)38(31)22-13-11-14-23-39)32(40)37(20-8-3)26-15-17-27(18-16-26)43-9-4/h7-8,15-18,25,28-31,39H,2-3,6,9-14,19-24H2,1,4-5H3/t25?,28-,29+,30-,31?,35?/m0/s1. The maximum atomic E-state index is 14.6. The number of benzene rings is 1. The van der Waals surface area contributed by atoms with Gasteiger partial charge in [-0.3, -0.25) is 14.4 Å². The molecule has 0 aliphatic carbocycles. The van der Waals surface area contributed by atoms with Crippen LogP contribution in [0.5, 0.6) is 5.75 Å². The number of carbonyl (C=O) groups excluding carboxylic acids is 3. The fourth-order valence-electron chi connectivity index (χ4n) is 7.59. The third-order valence-corrected chi connectivity index (χ3v) is 11.6. The molecule has 44 heavy (non-hydrogen) atoms. The summed E-state index contributed by atoms with van der Waals surface area (Å²) in [5.74, 6) is -0.453. The highest BCUT2D eigenvalue weighted by Crippen LogP contribution is 2.69. The highest BCUT2D eigenvalue weighted by molar-refractivity contribution is 8.02. The van der Waals surface area contributed by atoms with Crippen molar-refractivity contribution in [1.29, 1.82) is 0 Å². The smallest absolute Gasteiger partial charge is 0.247 e. The van der Waals surface area contributed by atoms with E-state index < -0.39 is 22.6 Å². The quantitative estimate of drug-likeness (QED) is 0.176. The summed E-state index contributed by atoms with van der Waals surface area (Å²) in [6.45, 7) is 16.5. The Bertz CT molecular complexity index is 1180. The van der Waals surface area contributed by atoms with Gasteiger partial charge in [0.1, 0.15) is 11.8 Å². The van der Waals surface area contributed by atoms with Crippen molar-refractivity contribution in [2.24, 2.45) is 17.8 Å². The van der Waals surface area contributed by atoms with Crippen LogP contribution in [0.2, 0.25) is 0 Å². The molecule has 0 radical (unpaired) electrons. The second-order valence-corrected chi connectivity index (χ2v) is 13.9. The lowest BCUT2D eigenvalue weighted by Crippen LogP contribution is -2.57. The van der Waals surface area contributed by atoms with Gasteiger partial charge >= 0.3 is 0 Å². The molecule has 1 aromatic rings. The largest absolute Gasteiger partial charge is 0.494 e. The van der Waals surface area contributed by atoms with E-state index in [1.807, 2.05) is 36.1 Å². The highest BCUT2D eigenvalue weighted by Gasteiger charge is 2.76. The van der Waals surface area contributed by atoms with Crippen molar-refractivity contribution in [1.82, 2.24) is 9.80 Å². The summed E-state index contributed by atoms with van der Waals surface area (Å²) in [6.07, 6.45) is 9.36. The fraction of sp³-hybridized carbons (Fsp3) is 0.629. The Kier molecular flexibility index (Phi) is 12.0. The van der Waals surface area contributed by atoms with Gasteiger partial charge in [-0.1, -0.05) is 38.8 Å². The van der Waals surface area contributed by atoms with Crippen LogP contribution in [0.15, 0.2) is 49.6 Å². The van der Waals surface area contributed by atoms with Crippen LogP contribution in [0.25, 0.3) is 0 Å². The number of hydrogen-bond donors (Lipinski definition) is 1. The molecule has 3 fully saturated rings. The summed E-state index contributed by atoms with van der Waals surface area (Å²) in [5.41, 5.74) is 0.736. The monoisotopic (exact) mass is 625 g/mol. The van der Waals surface area contributed by atoms with Gasteiger partial charge < -0.3 is 24.5 Å². The van der Waals surface area contributed by atoms with Gasteiger partial charge in [-0.15, -0.1) is 24.9 Å². The number of ether oxygens (including phenoxy) is 1. The number of nitrogens with zero attached hydrogens (tertiary/aromatic N) is 3. The second kappa shape index (κ2) is 15.5. The van der Waals surface area contributed by atoms with Crippen molar-refractivity contribution >= 4 is 35.2 Å². The van der Waals surface area contributed by atoms with E-state index in [2.05, 4.69) is 27.0 Å². The normalized spacial score (nSPS) is 26.9. The Morgan fingerprint density at radius 1 is 1.07 bits per heavy atom. The van der Waals surface area contributed by atoms with E-state index in [1.54, 1.807) is 33.7 Å². The molecule has 3 aliphatic rings. The molecule has 6 atom stereocenters. The van der Waals surface area contributed by atoms with E-state index in [4.69, 9.17) is 4.74 Å². The van der Waals surface area contributed by atoms with E-state index in [1.165, 1.54) is 0 Å². The Morgan fingerprint density at radius 2 is 1.80 bits per heavy atom. The molecule has 1 N–H and O–H groups in total. The summed E-state index contributed by atoms with van der Waals surface area (Å²) in [5, 5.41) is 9.31. The predicted molar refractivity (Wildman–Crippen MR) is 178 cm³/mol. The average molecular weight is 626 g/mol. The third kappa shape index (κ3) is 6.45. The van der Waals surface area contributed by atoms with E-state index in [0.29, 0.717) is 45.6 Å². The number of hydrogen-bond acceptors (Lipinski definition) is 6. The fourth-order valence-corrected chi connectivity index (χ4v) is 9.99. The number of aliphatic hydroxyl groups is 1. The molecule has 3 heterocycles. The molecule has 8 nitrogen and oxygen atoms in total. The number of rotatable bonds is 18. The number of unbranched alkanes of at least 4 members (excludes halogenated alkanes) is 4. The first-order valence-electron chi connectivity index (χ1n) is 16.4. The molecule has 9 heteroatoms. The van der Waals surface area contributed by atoms with Crippen LogP contribution in [-0.4, -0.2) is 88.1 Å². The SMILES string of the molecule is C=CCN(CCCCC)C(=O)C1N(CCCCCO)C(=O)[C@@H]2[C@H](C(=O)N(CC=C)c3ccc(OCC)cc3)[C@@H]3CC(C)C12S3. The molecule has 4 rings (SSSR count). The maximum absolute atomic E-state index is 14.6. The summed E-state index contributed by atoms with van der Waals surface area (Å²) < 4.78 is 4.94. The van der Waals surface area contributed by atoms with Crippen LogP contribution < -0.4 is 9.64 Å². The number of anilines is 1. The summed E-state index contributed by atoms with van der Waals surface area (Å²) >= 11 is 1.72. The number of aliphatic hydroxyl groups excluding tert-OH is 1. The molecule has 0 saturated carbocycles. The lowest BCUT2D eigenvalue weighted by molar-refractivity contribution is -0.142. The van der Waals surface area contributed by atoms with E-state index >= 15 is 0 Å². The van der Waals surface area contributed by atoms with Gasteiger partial charge in [-0.2, -0.15) is 0 Å². The van der Waals surface area contributed by atoms with Gasteiger partial charge in [-0.05, 0) is 69.2 Å². The van der Waals surface area contributed by atoms with Gasteiger partial charge in [0.15, 0.2) is 0 Å². The first-order chi connectivity index (χ1) is 21.3. The average Bonchev–Trinajstić information content (AvgIpc) is 3.61. The first kappa shape index (κ1) is 34.1. The van der Waals surface area contributed by atoms with E-state index in [9.17, 15) is 19.5 Å². The number of carbonyl (C=O) groups is 3. The van der Waals surface area contributed by atoms with Crippen molar-refractivity contribution in [3.8, 4) is 5.75 Å². The van der Waals surface area contributed by atoms with Gasteiger partial charge in [0.05, 0.1) is 23.2 Å². The number of fused-ring (bicyclic) bond motifs is 1. The molecule has 1 spiro atoms. The third-order valence-electron chi connectivity index (χ3n) is 9.55. The molecule has 3 aliphatic heterocycles. The minimum Gasteiger partial charge on any atom is -0.494 e. The summed E-state index contributed by atoms with van der Waals surface area (Å²) in [7, 11) is 0. The number of thioether (sulfide) groups is 1. The zero-order valence-electron chi connectivity index (χ0n) is 26.8. The van der Waals surface area contributed by atoms with Crippen LogP contribution in [0.1, 0.15) is 65.7 Å². The van der Waals surface area contributed by atoms with E-state index in [0.717, 1.165) is 43.5 Å². The highest BCUT2D eigenvalue weighted by atomic mass is 32.2. The topological polar surface area (TPSA) is 90.4 Å². The van der Waals surface area contributed by atoms with Crippen LogP contribution in [0.4, 0.5) is 5.69 Å². The van der Waals surface area contributed by atoms with Crippen LogP contribution in [-0.2, 0) is 14.4 Å². The van der Waals surface area contributed by atoms with Gasteiger partial charge in [0, 0.05) is 43.7 Å². The summed E-state index contributed by atoms with van der Waals surface area (Å²) in [4.78, 5) is 49.1. The molecular formula is C35H51N3O5S. The van der Waals surface area contributed by atoms with Crippen LogP contribution in [0, 0.1) is 17.8 Å². The maximum Gasteiger partial charge on any atom is 0.247 e. The molecule has 1 aromatic carbocycles. The van der Waals surface area contributed by atoms with Gasteiger partial charge in [-0.25, -0.2) is 0 Å². The Balaban J connectivity index is 1.71. The Morgan fingerprint density at radius 3 is 2.43 bits per heavy atom. The molecule has 0 aromatic heterocycles. The summed E-state index contributed by atoms with van der Waals surface area (Å²) in [6, 6.07) is 6.85. The minimum atomic E-state index is -0.668. The number of likely N-dealkylation sites (tertiary alicyclic amines) is 1. The zero-order chi connectivity index (χ0) is 31.9. The lowest BCUT2D eigenvalue weighted by Gasteiger charge is -2.41. The molecule has 242 valence electrons. The predicted octanol–water partition coefficient (Wildman–Crippen LogP) is 5.31. The van der Waals surface area contributed by atoms with Crippen molar-refractivity contribution in [2.45, 2.75) is 81.8 Å². The van der Waals surface area contributed by atoms with Crippen LogP contribution >= 0.6 is 11.8 Å². The minimum absolute atomic E-state index is 0.0263. The van der Waals surface area contributed by atoms with Gasteiger partial charge in [0.25, 0.3) is 0 Å². The molecule has 3 unspecified atom stereocenters. The second-order valence-electron chi connectivity index (χ2n) is 12.3. The first-order valence-corrected chi connectivity index (χ1v) is 17.3. The Hall–Kier alpha value is -2.78. The zero-order valence-corrected chi connectivity index (χ0v) is 27.6. The number of amides is 3. The molecular weight excluding hydrogens is 574 g/mol. The van der Waals surface area contributed by atoms with E-state index in [-0.39, 0.29) is 35.5 Å². The van der Waals surface area contributed by atoms with Crippen molar-refractivity contribution in [3.05, 3.63) is 49.6 Å². The molecule has 3 saturated heterocycles. The van der Waals surface area contributed by atoms with Crippen molar-refractivity contribution < 1.29 is 24.2 Å². The molecule has 3 amide bonds. The lowest BCUT2D eigenvalue weighted by atomic mass is 9.65.